The first-order valence-electron chi connectivity index (χ1n) is 15.7. The topological polar surface area (TPSA) is 0 Å². The van der Waals surface area contributed by atoms with Crippen LogP contribution < -0.4 is 0 Å². The lowest BCUT2D eigenvalue weighted by Crippen LogP contribution is -2.02. The maximum atomic E-state index is 2.30. The van der Waals surface area contributed by atoms with Crippen molar-refractivity contribution in [2.75, 3.05) is 0 Å². The molecule has 0 aliphatic carbocycles. The zero-order chi connectivity index (χ0) is 30.8. The second-order valence-electron chi connectivity index (χ2n) is 11.9. The molecule has 216 valence electrons. The van der Waals surface area contributed by atoms with Gasteiger partial charge < -0.3 is 0 Å². The summed E-state index contributed by atoms with van der Waals surface area (Å²) in [5, 5.41) is 0. The van der Waals surface area contributed by atoms with Gasteiger partial charge in [0, 0.05) is 0 Å². The van der Waals surface area contributed by atoms with E-state index in [4.69, 9.17) is 0 Å². The van der Waals surface area contributed by atoms with Gasteiger partial charge in [0.15, 0.2) is 0 Å². The Hall–Kier alpha value is -5.46. The van der Waals surface area contributed by atoms with Crippen LogP contribution in [0, 0.1) is 20.8 Å². The number of benzene rings is 7. The molecule has 0 atom stereocenters. The predicted octanol–water partition coefficient (Wildman–Crippen LogP) is 12.6. The molecule has 0 heteroatoms. The fourth-order valence-electron chi connectivity index (χ4n) is 6.46. The molecule has 0 heterocycles. The van der Waals surface area contributed by atoms with Gasteiger partial charge in [0.2, 0.25) is 0 Å². The van der Waals surface area contributed by atoms with Crippen LogP contribution in [0.5, 0.6) is 0 Å². The second kappa shape index (κ2) is 12.3. The van der Waals surface area contributed by atoms with Crippen LogP contribution in [0.25, 0.3) is 66.8 Å². The fourth-order valence-corrected chi connectivity index (χ4v) is 6.46. The van der Waals surface area contributed by atoms with Crippen LogP contribution in [0.3, 0.4) is 0 Å². The van der Waals surface area contributed by atoms with Crippen molar-refractivity contribution >= 4 is 0 Å². The van der Waals surface area contributed by atoms with Crippen molar-refractivity contribution in [2.45, 2.75) is 20.8 Å². The van der Waals surface area contributed by atoms with E-state index < -0.39 is 0 Å². The number of hydrogen-bond donors (Lipinski definition) is 0. The Bertz CT molecular complexity index is 1780. The maximum Gasteiger partial charge on any atom is -0.00139 e. The Morgan fingerprint density at radius 3 is 0.578 bits per heavy atom. The average molecular weight is 577 g/mol. The summed E-state index contributed by atoms with van der Waals surface area (Å²) >= 11 is 0. The Kier molecular flexibility index (Phi) is 7.72. The highest BCUT2D eigenvalue weighted by molar-refractivity contribution is 6.15. The first kappa shape index (κ1) is 28.3. The van der Waals surface area contributed by atoms with Gasteiger partial charge in [-0.2, -0.15) is 0 Å². The van der Waals surface area contributed by atoms with Crippen molar-refractivity contribution in [2.24, 2.45) is 0 Å². The Morgan fingerprint density at radius 2 is 0.378 bits per heavy atom. The van der Waals surface area contributed by atoms with Crippen LogP contribution in [0.4, 0.5) is 0 Å². The van der Waals surface area contributed by atoms with Crippen LogP contribution in [0.1, 0.15) is 16.7 Å². The first-order chi connectivity index (χ1) is 22.1. The minimum absolute atomic E-state index is 1.20. The molecule has 0 saturated carbocycles. The van der Waals surface area contributed by atoms with Crippen molar-refractivity contribution in [1.82, 2.24) is 0 Å². The largest absolute Gasteiger partial charge is 0.0622 e. The normalized spacial score (nSPS) is 11.0. The van der Waals surface area contributed by atoms with Crippen LogP contribution >= 0.6 is 0 Å². The molecule has 0 aliphatic rings. The SMILES string of the molecule is Cc1ccc(-c2c(-c3ccccc3)c(-c3ccc(C)cc3)c(-c3ccccc3)c(-c3ccc(C)cc3)c2-c2ccccc2)cc1. The second-order valence-corrected chi connectivity index (χ2v) is 11.9. The van der Waals surface area contributed by atoms with Gasteiger partial charge in [-0.1, -0.05) is 180 Å². The van der Waals surface area contributed by atoms with Gasteiger partial charge in [-0.05, 0) is 87.5 Å². The zero-order valence-electron chi connectivity index (χ0n) is 26.1. The van der Waals surface area contributed by atoms with Gasteiger partial charge >= 0.3 is 0 Å². The van der Waals surface area contributed by atoms with Gasteiger partial charge in [-0.15, -0.1) is 0 Å². The van der Waals surface area contributed by atoms with Gasteiger partial charge in [0.05, 0.1) is 0 Å². The molecule has 0 aromatic heterocycles. The van der Waals surface area contributed by atoms with Crippen molar-refractivity contribution in [1.29, 1.82) is 0 Å². The minimum atomic E-state index is 1.20. The zero-order valence-corrected chi connectivity index (χ0v) is 26.1. The Balaban J connectivity index is 1.81. The van der Waals surface area contributed by atoms with E-state index in [-0.39, 0.29) is 0 Å². The molecular formula is C45H36. The molecule has 45 heavy (non-hydrogen) atoms. The van der Waals surface area contributed by atoms with Gasteiger partial charge in [-0.25, -0.2) is 0 Å². The summed E-state index contributed by atoms with van der Waals surface area (Å²) in [4.78, 5) is 0. The van der Waals surface area contributed by atoms with E-state index in [0.29, 0.717) is 0 Å². The third kappa shape index (κ3) is 5.52. The predicted molar refractivity (Wildman–Crippen MR) is 193 cm³/mol. The van der Waals surface area contributed by atoms with E-state index in [1.165, 1.54) is 83.5 Å². The van der Waals surface area contributed by atoms with Crippen molar-refractivity contribution in [3.8, 4) is 66.8 Å². The van der Waals surface area contributed by atoms with E-state index in [1.54, 1.807) is 0 Å². The summed E-state index contributed by atoms with van der Waals surface area (Å²) in [6.07, 6.45) is 0. The summed E-state index contributed by atoms with van der Waals surface area (Å²) in [5.74, 6) is 0. The van der Waals surface area contributed by atoms with Crippen molar-refractivity contribution in [3.05, 3.63) is 180 Å². The molecule has 7 aromatic carbocycles. The van der Waals surface area contributed by atoms with Crippen molar-refractivity contribution in [3.63, 3.8) is 0 Å². The quantitative estimate of drug-likeness (QED) is 0.185. The molecule has 0 N–H and O–H groups in total. The van der Waals surface area contributed by atoms with Gasteiger partial charge in [0.1, 0.15) is 0 Å². The average Bonchev–Trinajstić information content (AvgIpc) is 3.09. The number of hydrogen-bond acceptors (Lipinski definition) is 0. The lowest BCUT2D eigenvalue weighted by molar-refractivity contribution is 1.44. The van der Waals surface area contributed by atoms with E-state index in [0.717, 1.165) is 0 Å². The molecule has 7 aromatic rings. The molecule has 0 bridgehead atoms. The summed E-state index contributed by atoms with van der Waals surface area (Å²) in [7, 11) is 0. The molecule has 0 radical (unpaired) electrons. The van der Waals surface area contributed by atoms with Crippen LogP contribution in [-0.2, 0) is 0 Å². The first-order valence-corrected chi connectivity index (χ1v) is 15.7. The maximum absolute atomic E-state index is 2.30. The van der Waals surface area contributed by atoms with Crippen LogP contribution in [-0.4, -0.2) is 0 Å². The monoisotopic (exact) mass is 576 g/mol. The molecule has 0 nitrogen and oxygen atoms in total. The smallest absolute Gasteiger partial charge is 0.00139 e. The fraction of sp³-hybridized carbons (Fsp3) is 0.0667. The summed E-state index contributed by atoms with van der Waals surface area (Å²) in [5.41, 5.74) is 18.5. The molecule has 0 saturated heterocycles. The molecule has 0 aliphatic heterocycles. The molecular weight excluding hydrogens is 540 g/mol. The number of aryl methyl sites for hydroxylation is 3. The third-order valence-electron chi connectivity index (χ3n) is 8.71. The third-order valence-corrected chi connectivity index (χ3v) is 8.71. The van der Waals surface area contributed by atoms with Crippen LogP contribution in [0.2, 0.25) is 0 Å². The van der Waals surface area contributed by atoms with Gasteiger partial charge in [-0.3, -0.25) is 0 Å². The molecule has 0 amide bonds. The minimum Gasteiger partial charge on any atom is -0.0622 e. The molecule has 0 unspecified atom stereocenters. The highest BCUT2D eigenvalue weighted by Crippen LogP contribution is 2.55. The Labute approximate surface area is 267 Å². The highest BCUT2D eigenvalue weighted by Gasteiger charge is 2.28. The van der Waals surface area contributed by atoms with Crippen molar-refractivity contribution < 1.29 is 0 Å². The van der Waals surface area contributed by atoms with Crippen LogP contribution in [0.15, 0.2) is 164 Å². The molecule has 0 spiro atoms. The lowest BCUT2D eigenvalue weighted by Gasteiger charge is -2.29. The van der Waals surface area contributed by atoms with Gasteiger partial charge in [0.25, 0.3) is 0 Å². The molecule has 0 fully saturated rings. The van der Waals surface area contributed by atoms with E-state index >= 15 is 0 Å². The van der Waals surface area contributed by atoms with E-state index in [2.05, 4.69) is 185 Å². The standard InChI is InChI=1S/C45H36/c1-31-19-25-37(26-20-31)43-40(34-13-7-4-8-14-34)44(38-27-21-32(2)22-28-38)42(36-17-11-6-12-18-36)45(39-29-23-33(3)24-30-39)41(43)35-15-9-5-10-16-35/h4-30H,1-3H3. The van der Waals surface area contributed by atoms with E-state index in [9.17, 15) is 0 Å². The lowest BCUT2D eigenvalue weighted by atomic mass is 9.74. The Morgan fingerprint density at radius 1 is 0.200 bits per heavy atom. The molecule has 7 rings (SSSR count). The highest BCUT2D eigenvalue weighted by atomic mass is 14.3. The summed E-state index contributed by atoms with van der Waals surface area (Å²) < 4.78 is 0. The summed E-state index contributed by atoms with van der Waals surface area (Å²) in [6, 6.07) is 60.1. The van der Waals surface area contributed by atoms with E-state index in [1.807, 2.05) is 0 Å². The summed E-state index contributed by atoms with van der Waals surface area (Å²) in [6.45, 7) is 6.48. The number of rotatable bonds is 6.